The summed E-state index contributed by atoms with van der Waals surface area (Å²) >= 11 is 0. The second-order valence-electron chi connectivity index (χ2n) is 7.70. The predicted octanol–water partition coefficient (Wildman–Crippen LogP) is 3.02. The molecule has 2 aromatic carbocycles. The van der Waals surface area contributed by atoms with Crippen molar-refractivity contribution < 1.29 is 14.6 Å². The number of morpholine rings is 1. The van der Waals surface area contributed by atoms with E-state index in [1.54, 1.807) is 6.34 Å². The first-order chi connectivity index (χ1) is 15.6. The summed E-state index contributed by atoms with van der Waals surface area (Å²) in [6.45, 7) is 5.34. The Labute approximate surface area is 189 Å². The number of rotatable bonds is 8. The van der Waals surface area contributed by atoms with Gasteiger partial charge in [-0.2, -0.15) is 0 Å². The lowest BCUT2D eigenvalue weighted by Gasteiger charge is -2.26. The second kappa shape index (κ2) is 12.5. The SMILES string of the molecule is CN(C=N/C=C(/O)C=O)CCc1ccc(C#Cc2ccc(CN3CCOCC3)cc2)cc1. The average molecular weight is 432 g/mol. The monoisotopic (exact) mass is 431 g/mol. The lowest BCUT2D eigenvalue weighted by Crippen LogP contribution is -2.35. The van der Waals surface area contributed by atoms with Crippen molar-refractivity contribution in [2.75, 3.05) is 39.9 Å². The summed E-state index contributed by atoms with van der Waals surface area (Å²) in [6.07, 6.45) is 3.90. The summed E-state index contributed by atoms with van der Waals surface area (Å²) in [6, 6.07) is 16.7. The Balaban J connectivity index is 1.48. The minimum Gasteiger partial charge on any atom is -0.503 e. The lowest BCUT2D eigenvalue weighted by molar-refractivity contribution is -0.107. The van der Waals surface area contributed by atoms with Gasteiger partial charge < -0.3 is 14.7 Å². The first-order valence-corrected chi connectivity index (χ1v) is 10.7. The Kier molecular flexibility index (Phi) is 9.05. The van der Waals surface area contributed by atoms with E-state index in [2.05, 4.69) is 58.1 Å². The Morgan fingerprint density at radius 1 is 1.06 bits per heavy atom. The van der Waals surface area contributed by atoms with Crippen LogP contribution in [-0.2, 0) is 22.5 Å². The molecule has 0 spiro atoms. The molecule has 1 saturated heterocycles. The zero-order valence-corrected chi connectivity index (χ0v) is 18.4. The van der Waals surface area contributed by atoms with E-state index in [-0.39, 0.29) is 0 Å². The molecule has 0 amide bonds. The van der Waals surface area contributed by atoms with Crippen LogP contribution in [-0.4, -0.2) is 67.4 Å². The van der Waals surface area contributed by atoms with E-state index in [9.17, 15) is 4.79 Å². The number of likely N-dealkylation sites (N-methyl/N-ethyl adjacent to an activating group) is 1. The minimum absolute atomic E-state index is 0.351. The van der Waals surface area contributed by atoms with E-state index in [1.807, 2.05) is 24.1 Å². The molecule has 0 bridgehead atoms. The molecule has 6 heteroatoms. The summed E-state index contributed by atoms with van der Waals surface area (Å²) in [5, 5.41) is 9.04. The van der Waals surface area contributed by atoms with Crippen LogP contribution in [0.3, 0.4) is 0 Å². The number of aliphatic hydroxyl groups is 1. The van der Waals surface area contributed by atoms with Gasteiger partial charge in [-0.3, -0.25) is 9.69 Å². The van der Waals surface area contributed by atoms with Gasteiger partial charge in [-0.05, 0) is 41.8 Å². The maximum absolute atomic E-state index is 10.3. The van der Waals surface area contributed by atoms with Gasteiger partial charge in [0.1, 0.15) is 0 Å². The number of hydrogen-bond donors (Lipinski definition) is 1. The normalized spacial score (nSPS) is 14.7. The number of benzene rings is 2. The highest BCUT2D eigenvalue weighted by Crippen LogP contribution is 2.09. The smallest absolute Gasteiger partial charge is 0.186 e. The number of aliphatic imine (C=N–C) groups is 1. The molecular formula is C26H29N3O3. The van der Waals surface area contributed by atoms with Crippen molar-refractivity contribution in [3.8, 4) is 11.8 Å². The van der Waals surface area contributed by atoms with Crippen molar-refractivity contribution in [1.82, 2.24) is 9.80 Å². The molecule has 1 heterocycles. The molecule has 32 heavy (non-hydrogen) atoms. The summed E-state index contributed by atoms with van der Waals surface area (Å²) in [7, 11) is 1.89. The largest absolute Gasteiger partial charge is 0.503 e. The topological polar surface area (TPSA) is 65.4 Å². The zero-order valence-electron chi connectivity index (χ0n) is 18.4. The zero-order chi connectivity index (χ0) is 22.6. The van der Waals surface area contributed by atoms with Gasteiger partial charge >= 0.3 is 0 Å². The third-order valence-corrected chi connectivity index (χ3v) is 5.11. The maximum atomic E-state index is 10.3. The molecule has 1 aliphatic rings. The van der Waals surface area contributed by atoms with Gasteiger partial charge in [0.15, 0.2) is 12.0 Å². The van der Waals surface area contributed by atoms with Crippen LogP contribution >= 0.6 is 0 Å². The maximum Gasteiger partial charge on any atom is 0.186 e. The Morgan fingerprint density at radius 3 is 2.25 bits per heavy atom. The Morgan fingerprint density at radius 2 is 1.66 bits per heavy atom. The number of allylic oxidation sites excluding steroid dienone is 1. The van der Waals surface area contributed by atoms with Crippen molar-refractivity contribution in [3.05, 3.63) is 82.7 Å². The summed E-state index contributed by atoms with van der Waals surface area (Å²) in [5.41, 5.74) is 4.49. The number of carbonyl (C=O) groups excluding carboxylic acids is 1. The molecule has 0 saturated carbocycles. The first kappa shape index (κ1) is 23.3. The number of carbonyl (C=O) groups is 1. The van der Waals surface area contributed by atoms with E-state index in [1.165, 1.54) is 11.1 Å². The fourth-order valence-electron chi connectivity index (χ4n) is 3.23. The fourth-order valence-corrected chi connectivity index (χ4v) is 3.23. The van der Waals surface area contributed by atoms with Crippen molar-refractivity contribution >= 4 is 12.6 Å². The van der Waals surface area contributed by atoms with E-state index >= 15 is 0 Å². The first-order valence-electron chi connectivity index (χ1n) is 10.7. The van der Waals surface area contributed by atoms with E-state index in [0.29, 0.717) is 6.29 Å². The van der Waals surface area contributed by atoms with Crippen LogP contribution in [0.5, 0.6) is 0 Å². The molecule has 166 valence electrons. The van der Waals surface area contributed by atoms with Crippen LogP contribution in [0.15, 0.2) is 65.5 Å². The van der Waals surface area contributed by atoms with E-state index in [0.717, 1.165) is 63.1 Å². The van der Waals surface area contributed by atoms with Crippen molar-refractivity contribution in [3.63, 3.8) is 0 Å². The Bertz CT molecular complexity index is 980. The van der Waals surface area contributed by atoms with Crippen LogP contribution in [0.25, 0.3) is 0 Å². The van der Waals surface area contributed by atoms with Crippen molar-refractivity contribution in [2.24, 2.45) is 4.99 Å². The second-order valence-corrected chi connectivity index (χ2v) is 7.70. The molecule has 3 rings (SSSR count). The minimum atomic E-state index is -0.393. The highest BCUT2D eigenvalue weighted by atomic mass is 16.5. The van der Waals surface area contributed by atoms with Gasteiger partial charge in [0.2, 0.25) is 0 Å². The van der Waals surface area contributed by atoms with Gasteiger partial charge in [-0.1, -0.05) is 36.1 Å². The standard InChI is InChI=1S/C26H29N3O3/c1-28(21-27-18-26(31)20-30)13-12-24-6-4-22(5-7-24)2-3-23-8-10-25(11-9-23)19-29-14-16-32-17-15-29/h4-11,18,20-21,31H,12-17,19H2,1H3/b26-18+,27-21?. The number of aliphatic hydroxyl groups excluding tert-OH is 1. The van der Waals surface area contributed by atoms with Crippen LogP contribution < -0.4 is 0 Å². The van der Waals surface area contributed by atoms with Crippen LogP contribution in [0.2, 0.25) is 0 Å². The molecule has 2 aromatic rings. The van der Waals surface area contributed by atoms with Crippen molar-refractivity contribution in [2.45, 2.75) is 13.0 Å². The lowest BCUT2D eigenvalue weighted by atomic mass is 10.1. The van der Waals surface area contributed by atoms with Gasteiger partial charge in [-0.25, -0.2) is 4.99 Å². The molecule has 0 aliphatic carbocycles. The van der Waals surface area contributed by atoms with Gasteiger partial charge in [0, 0.05) is 44.4 Å². The molecule has 0 aromatic heterocycles. The van der Waals surface area contributed by atoms with Crippen molar-refractivity contribution in [1.29, 1.82) is 0 Å². The van der Waals surface area contributed by atoms with Crippen LogP contribution in [0, 0.1) is 11.8 Å². The number of hydrogen-bond acceptors (Lipinski definition) is 5. The quantitative estimate of drug-likeness (QED) is 0.174. The van der Waals surface area contributed by atoms with Gasteiger partial charge in [-0.15, -0.1) is 0 Å². The highest BCUT2D eigenvalue weighted by molar-refractivity contribution is 5.70. The van der Waals surface area contributed by atoms with Crippen LogP contribution in [0.1, 0.15) is 22.3 Å². The Hall–Kier alpha value is -3.40. The van der Waals surface area contributed by atoms with Gasteiger partial charge in [0.05, 0.1) is 25.8 Å². The predicted molar refractivity (Wildman–Crippen MR) is 127 cm³/mol. The molecule has 6 nitrogen and oxygen atoms in total. The molecule has 0 unspecified atom stereocenters. The molecular weight excluding hydrogens is 402 g/mol. The molecule has 0 radical (unpaired) electrons. The average Bonchev–Trinajstić information content (AvgIpc) is 2.83. The summed E-state index contributed by atoms with van der Waals surface area (Å²) in [5.74, 6) is 6.08. The highest BCUT2D eigenvalue weighted by Gasteiger charge is 2.10. The van der Waals surface area contributed by atoms with E-state index in [4.69, 9.17) is 9.84 Å². The summed E-state index contributed by atoms with van der Waals surface area (Å²) < 4.78 is 5.40. The number of ether oxygens (including phenoxy) is 1. The van der Waals surface area contributed by atoms with E-state index < -0.39 is 5.76 Å². The molecule has 1 aliphatic heterocycles. The summed E-state index contributed by atoms with van der Waals surface area (Å²) in [4.78, 5) is 18.5. The number of aldehydes is 1. The molecule has 1 N–H and O–H groups in total. The fraction of sp³-hybridized carbons (Fsp3) is 0.308. The third-order valence-electron chi connectivity index (χ3n) is 5.11. The molecule has 1 fully saturated rings. The van der Waals surface area contributed by atoms with Gasteiger partial charge in [0.25, 0.3) is 0 Å². The molecule has 0 atom stereocenters. The number of nitrogens with zero attached hydrogens (tertiary/aromatic N) is 3. The third kappa shape index (κ3) is 8.03. The van der Waals surface area contributed by atoms with Crippen LogP contribution in [0.4, 0.5) is 0 Å².